The number of benzene rings is 1. The van der Waals surface area contributed by atoms with Crippen molar-refractivity contribution in [2.75, 3.05) is 5.32 Å². The fraction of sp³-hybridized carbons (Fsp3) is 0.261. The number of halogens is 2. The van der Waals surface area contributed by atoms with Crippen LogP contribution >= 0.6 is 11.3 Å². The molecule has 0 aliphatic carbocycles. The Kier molecular flexibility index (Phi) is 5.67. The average molecular weight is 488 g/mol. The fourth-order valence-electron chi connectivity index (χ4n) is 3.31. The average Bonchev–Trinajstić information content (AvgIpc) is 3.31. The Morgan fingerprint density at radius 1 is 1.09 bits per heavy atom. The smallest absolute Gasteiger partial charge is 0.251 e. The van der Waals surface area contributed by atoms with Crippen molar-refractivity contribution >= 4 is 33.7 Å². The van der Waals surface area contributed by atoms with Gasteiger partial charge in [0.05, 0.1) is 28.6 Å². The lowest BCUT2D eigenvalue weighted by Gasteiger charge is -2.18. The Hall–Kier alpha value is -3.41. The van der Waals surface area contributed by atoms with Crippen molar-refractivity contribution in [3.8, 4) is 10.4 Å². The van der Waals surface area contributed by atoms with Crippen LogP contribution in [0.25, 0.3) is 16.1 Å². The molecule has 0 atom stereocenters. The predicted octanol–water partition coefficient (Wildman–Crippen LogP) is 4.03. The second kappa shape index (κ2) is 8.12. The van der Waals surface area contributed by atoms with Gasteiger partial charge in [0.1, 0.15) is 22.2 Å². The molecule has 0 aliphatic heterocycles. The van der Waals surface area contributed by atoms with Crippen molar-refractivity contribution in [1.82, 2.24) is 14.6 Å². The molecular formula is C23H23F2N5O3S. The molecule has 0 unspecified atom stereocenters. The second-order valence-corrected chi connectivity index (χ2v) is 9.98. The van der Waals surface area contributed by atoms with Crippen molar-refractivity contribution in [2.24, 2.45) is 5.73 Å². The van der Waals surface area contributed by atoms with Crippen LogP contribution in [0.2, 0.25) is 0 Å². The molecule has 0 spiro atoms. The van der Waals surface area contributed by atoms with E-state index in [-0.39, 0.29) is 26.6 Å². The summed E-state index contributed by atoms with van der Waals surface area (Å²) in [5.74, 6) is -2.22. The SMILES string of the molecule is CC(C)(O)c1cc(F)c(-c2cc(C(N)=O)c(Nc3ccc4nc(C(C)(C)O)cn4n3)s2)c(F)c1. The van der Waals surface area contributed by atoms with Crippen LogP contribution in [0.3, 0.4) is 0 Å². The number of primary amides is 1. The molecule has 11 heteroatoms. The summed E-state index contributed by atoms with van der Waals surface area (Å²) in [5.41, 5.74) is 3.63. The number of carbonyl (C=O) groups is 1. The van der Waals surface area contributed by atoms with Gasteiger partial charge in [-0.15, -0.1) is 16.4 Å². The minimum Gasteiger partial charge on any atom is -0.386 e. The zero-order chi connectivity index (χ0) is 25.0. The van der Waals surface area contributed by atoms with E-state index >= 15 is 0 Å². The number of hydrogen-bond donors (Lipinski definition) is 4. The van der Waals surface area contributed by atoms with Gasteiger partial charge in [-0.25, -0.2) is 18.3 Å². The van der Waals surface area contributed by atoms with E-state index in [1.165, 1.54) is 24.4 Å². The van der Waals surface area contributed by atoms with Gasteiger partial charge in [-0.3, -0.25) is 4.79 Å². The zero-order valence-corrected chi connectivity index (χ0v) is 19.7. The number of anilines is 2. The number of aromatic nitrogens is 3. The van der Waals surface area contributed by atoms with Crippen LogP contribution in [0, 0.1) is 11.6 Å². The van der Waals surface area contributed by atoms with Crippen LogP contribution in [0.1, 0.15) is 49.3 Å². The summed E-state index contributed by atoms with van der Waals surface area (Å²) in [6.07, 6.45) is 1.57. The standard InChI is InChI=1S/C23H23F2N5O3S/c1-22(2,32)11-7-13(24)19(14(25)8-11)15-9-12(20(26)31)21(34-15)28-17-5-6-18-27-16(23(3,4)33)10-30(18)29-17/h5-10,32-33H,1-4H3,(H2,26,31)(H,28,29). The first-order valence-electron chi connectivity index (χ1n) is 10.3. The largest absolute Gasteiger partial charge is 0.386 e. The normalized spacial score (nSPS) is 12.4. The van der Waals surface area contributed by atoms with E-state index in [9.17, 15) is 23.8 Å². The van der Waals surface area contributed by atoms with Crippen LogP contribution in [0.5, 0.6) is 0 Å². The third-order valence-corrected chi connectivity index (χ3v) is 6.25. The van der Waals surface area contributed by atoms with E-state index in [0.29, 0.717) is 17.2 Å². The van der Waals surface area contributed by atoms with Crippen LogP contribution < -0.4 is 11.1 Å². The number of nitrogens with two attached hydrogens (primary N) is 1. The summed E-state index contributed by atoms with van der Waals surface area (Å²) in [4.78, 5) is 16.5. The maximum atomic E-state index is 14.8. The van der Waals surface area contributed by atoms with Gasteiger partial charge in [0.25, 0.3) is 5.91 Å². The van der Waals surface area contributed by atoms with Crippen molar-refractivity contribution in [1.29, 1.82) is 0 Å². The maximum Gasteiger partial charge on any atom is 0.251 e. The summed E-state index contributed by atoms with van der Waals surface area (Å²) < 4.78 is 31.2. The topological polar surface area (TPSA) is 126 Å². The Balaban J connectivity index is 1.74. The van der Waals surface area contributed by atoms with Crippen molar-refractivity contribution in [3.63, 3.8) is 0 Å². The third kappa shape index (κ3) is 4.49. The van der Waals surface area contributed by atoms with Gasteiger partial charge in [0, 0.05) is 4.88 Å². The molecule has 178 valence electrons. The quantitative estimate of drug-likeness (QED) is 0.325. The lowest BCUT2D eigenvalue weighted by atomic mass is 9.96. The first-order chi connectivity index (χ1) is 15.7. The summed E-state index contributed by atoms with van der Waals surface area (Å²) in [6.45, 7) is 6.06. The van der Waals surface area contributed by atoms with Gasteiger partial charge in [-0.2, -0.15) is 0 Å². The molecule has 0 fully saturated rings. The lowest BCUT2D eigenvalue weighted by Crippen LogP contribution is -2.16. The number of fused-ring (bicyclic) bond motifs is 1. The van der Waals surface area contributed by atoms with Gasteiger partial charge in [-0.1, -0.05) is 0 Å². The number of amides is 1. The monoisotopic (exact) mass is 487 g/mol. The van der Waals surface area contributed by atoms with E-state index in [2.05, 4.69) is 15.4 Å². The highest BCUT2D eigenvalue weighted by Crippen LogP contribution is 2.40. The van der Waals surface area contributed by atoms with Gasteiger partial charge in [0.15, 0.2) is 11.5 Å². The van der Waals surface area contributed by atoms with Crippen molar-refractivity contribution < 1.29 is 23.8 Å². The number of thiophene rings is 1. The molecule has 0 bridgehead atoms. The molecule has 1 amide bonds. The Morgan fingerprint density at radius 3 is 2.29 bits per heavy atom. The minimum atomic E-state index is -1.43. The molecule has 5 N–H and O–H groups in total. The van der Waals surface area contributed by atoms with E-state index in [4.69, 9.17) is 5.73 Å². The molecule has 0 saturated heterocycles. The molecule has 0 radical (unpaired) electrons. The highest BCUT2D eigenvalue weighted by atomic mass is 32.1. The summed E-state index contributed by atoms with van der Waals surface area (Å²) in [7, 11) is 0. The molecule has 4 aromatic rings. The van der Waals surface area contributed by atoms with Crippen molar-refractivity contribution in [2.45, 2.75) is 38.9 Å². The zero-order valence-electron chi connectivity index (χ0n) is 18.8. The molecule has 3 aromatic heterocycles. The number of aliphatic hydroxyl groups is 2. The molecule has 0 saturated carbocycles. The van der Waals surface area contributed by atoms with Gasteiger partial charge >= 0.3 is 0 Å². The highest BCUT2D eigenvalue weighted by molar-refractivity contribution is 7.20. The molecule has 0 aliphatic rings. The van der Waals surface area contributed by atoms with E-state index in [0.717, 1.165) is 23.5 Å². The van der Waals surface area contributed by atoms with Crippen molar-refractivity contribution in [3.05, 3.63) is 65.0 Å². The summed E-state index contributed by atoms with van der Waals surface area (Å²) in [6, 6.07) is 6.70. The number of carbonyl (C=O) groups excluding carboxylic acids is 1. The van der Waals surface area contributed by atoms with Crippen LogP contribution in [0.4, 0.5) is 19.6 Å². The number of rotatable bonds is 6. The van der Waals surface area contributed by atoms with Gasteiger partial charge in [-0.05, 0) is 63.6 Å². The van der Waals surface area contributed by atoms with Gasteiger partial charge < -0.3 is 21.3 Å². The number of hydrogen-bond acceptors (Lipinski definition) is 7. The van der Waals surface area contributed by atoms with Gasteiger partial charge in [0.2, 0.25) is 0 Å². The van der Waals surface area contributed by atoms with E-state index in [1.54, 1.807) is 32.2 Å². The van der Waals surface area contributed by atoms with E-state index < -0.39 is 28.7 Å². The first kappa shape index (κ1) is 23.7. The minimum absolute atomic E-state index is 0.0371. The number of imidazole rings is 1. The highest BCUT2D eigenvalue weighted by Gasteiger charge is 2.25. The van der Waals surface area contributed by atoms with Crippen LogP contribution in [-0.2, 0) is 11.2 Å². The molecule has 3 heterocycles. The van der Waals surface area contributed by atoms with E-state index in [1.807, 2.05) is 0 Å². The molecule has 8 nitrogen and oxygen atoms in total. The summed E-state index contributed by atoms with van der Waals surface area (Å²) >= 11 is 0.933. The second-order valence-electron chi connectivity index (χ2n) is 8.92. The Morgan fingerprint density at radius 2 is 1.74 bits per heavy atom. The molecule has 34 heavy (non-hydrogen) atoms. The Bertz CT molecular complexity index is 1390. The molecule has 4 rings (SSSR count). The Labute approximate surface area is 197 Å². The maximum absolute atomic E-state index is 14.8. The lowest BCUT2D eigenvalue weighted by molar-refractivity contribution is 0.0743. The molecular weight excluding hydrogens is 464 g/mol. The number of nitrogens with zero attached hydrogens (tertiary/aromatic N) is 3. The fourth-order valence-corrected chi connectivity index (χ4v) is 4.43. The third-order valence-electron chi connectivity index (χ3n) is 5.18. The van der Waals surface area contributed by atoms with Crippen LogP contribution in [0.15, 0.2) is 36.5 Å². The first-order valence-corrected chi connectivity index (χ1v) is 11.1. The summed E-state index contributed by atoms with van der Waals surface area (Å²) in [5, 5.41) is 27.8. The molecule has 1 aromatic carbocycles. The number of nitrogens with one attached hydrogen (secondary N) is 1. The predicted molar refractivity (Wildman–Crippen MR) is 125 cm³/mol. The van der Waals surface area contributed by atoms with Crippen LogP contribution in [-0.4, -0.2) is 30.7 Å².